The molecule has 0 radical (unpaired) electrons. The molecule has 0 saturated heterocycles. The molecule has 0 atom stereocenters. The lowest BCUT2D eigenvalue weighted by atomic mass is 10.1. The number of rotatable bonds is 3. The molecule has 1 aromatic carbocycles. The standard InChI is InChI=1S/C17H16N2O2S2/c20-16(19-9-10-21-14-7-3-2-6-13(14)19)11-22-17-18-12-5-1-4-8-15(12)23-17/h1-2,4-6,8H,3,7,9-11H2. The van der Waals surface area contributed by atoms with Gasteiger partial charge in [-0.05, 0) is 24.6 Å². The number of nitrogens with zero attached hydrogens (tertiary/aromatic N) is 2. The average molecular weight is 344 g/mol. The third-order valence-electron chi connectivity index (χ3n) is 3.88. The van der Waals surface area contributed by atoms with Crippen molar-refractivity contribution in [1.82, 2.24) is 9.88 Å². The summed E-state index contributed by atoms with van der Waals surface area (Å²) in [6, 6.07) is 8.06. The molecule has 23 heavy (non-hydrogen) atoms. The van der Waals surface area contributed by atoms with E-state index in [4.69, 9.17) is 4.74 Å². The van der Waals surface area contributed by atoms with Gasteiger partial charge in [0.15, 0.2) is 4.34 Å². The van der Waals surface area contributed by atoms with Crippen molar-refractivity contribution in [3.63, 3.8) is 0 Å². The van der Waals surface area contributed by atoms with Gasteiger partial charge in [0.05, 0.1) is 28.2 Å². The maximum atomic E-state index is 12.6. The van der Waals surface area contributed by atoms with Crippen LogP contribution in [-0.4, -0.2) is 34.7 Å². The van der Waals surface area contributed by atoms with Crippen molar-refractivity contribution in [2.24, 2.45) is 0 Å². The summed E-state index contributed by atoms with van der Waals surface area (Å²) in [7, 11) is 0. The van der Waals surface area contributed by atoms with E-state index in [2.05, 4.69) is 17.1 Å². The number of carbonyl (C=O) groups is 1. The minimum atomic E-state index is 0.122. The van der Waals surface area contributed by atoms with Crippen molar-refractivity contribution in [2.75, 3.05) is 18.9 Å². The van der Waals surface area contributed by atoms with Crippen molar-refractivity contribution < 1.29 is 9.53 Å². The minimum Gasteiger partial charge on any atom is -0.494 e. The number of benzene rings is 1. The van der Waals surface area contributed by atoms with Crippen LogP contribution in [0.1, 0.15) is 12.8 Å². The Balaban J connectivity index is 1.46. The SMILES string of the molecule is O=C(CSc1nc2ccccc2s1)N1CCOC2=C1C=CCC2. The zero-order valence-corrected chi connectivity index (χ0v) is 14.2. The van der Waals surface area contributed by atoms with Crippen LogP contribution in [0.4, 0.5) is 0 Å². The number of thioether (sulfide) groups is 1. The number of thiazole rings is 1. The molecule has 2 aromatic rings. The topological polar surface area (TPSA) is 42.4 Å². The van der Waals surface area contributed by atoms with E-state index >= 15 is 0 Å². The van der Waals surface area contributed by atoms with E-state index in [9.17, 15) is 4.79 Å². The van der Waals surface area contributed by atoms with E-state index in [0.29, 0.717) is 18.9 Å². The van der Waals surface area contributed by atoms with Gasteiger partial charge in [-0.15, -0.1) is 11.3 Å². The second-order valence-corrected chi connectivity index (χ2v) is 7.63. The van der Waals surface area contributed by atoms with Gasteiger partial charge in [-0.3, -0.25) is 4.79 Å². The monoisotopic (exact) mass is 344 g/mol. The first-order valence-corrected chi connectivity index (χ1v) is 9.43. The Hall–Kier alpha value is -1.79. The van der Waals surface area contributed by atoms with Gasteiger partial charge < -0.3 is 9.64 Å². The highest BCUT2D eigenvalue weighted by Crippen LogP contribution is 2.31. The van der Waals surface area contributed by atoms with Crippen LogP contribution in [0.5, 0.6) is 0 Å². The van der Waals surface area contributed by atoms with Crippen LogP contribution < -0.4 is 0 Å². The lowest BCUT2D eigenvalue weighted by Gasteiger charge is -2.32. The summed E-state index contributed by atoms with van der Waals surface area (Å²) in [6.07, 6.45) is 5.99. The Morgan fingerprint density at radius 3 is 3.22 bits per heavy atom. The number of hydrogen-bond donors (Lipinski definition) is 0. The van der Waals surface area contributed by atoms with Crippen LogP contribution in [0.15, 0.2) is 52.2 Å². The van der Waals surface area contributed by atoms with Gasteiger partial charge in [-0.25, -0.2) is 4.98 Å². The van der Waals surface area contributed by atoms with Crippen molar-refractivity contribution in [2.45, 2.75) is 17.2 Å². The van der Waals surface area contributed by atoms with E-state index in [-0.39, 0.29) is 5.91 Å². The summed E-state index contributed by atoms with van der Waals surface area (Å²) < 4.78 is 7.79. The second kappa shape index (κ2) is 6.37. The summed E-state index contributed by atoms with van der Waals surface area (Å²) in [5, 5.41) is 0. The first-order valence-electron chi connectivity index (χ1n) is 7.62. The molecule has 0 N–H and O–H groups in total. The molecule has 2 heterocycles. The highest BCUT2D eigenvalue weighted by Gasteiger charge is 2.26. The van der Waals surface area contributed by atoms with E-state index in [1.807, 2.05) is 29.2 Å². The van der Waals surface area contributed by atoms with Crippen LogP contribution >= 0.6 is 23.1 Å². The molecular weight excluding hydrogens is 328 g/mol. The van der Waals surface area contributed by atoms with E-state index in [1.165, 1.54) is 11.8 Å². The van der Waals surface area contributed by atoms with Gasteiger partial charge in [-0.2, -0.15) is 0 Å². The largest absolute Gasteiger partial charge is 0.494 e. The molecule has 2 aliphatic rings. The molecule has 1 aliphatic heterocycles. The summed E-state index contributed by atoms with van der Waals surface area (Å²) in [4.78, 5) is 19.0. The Labute approximate surface area is 142 Å². The molecule has 118 valence electrons. The van der Waals surface area contributed by atoms with Crippen molar-refractivity contribution in [1.29, 1.82) is 0 Å². The first kappa shape index (κ1) is 14.8. The number of para-hydroxylation sites is 1. The molecule has 4 rings (SSSR count). The first-order chi connectivity index (χ1) is 11.3. The molecular formula is C17H16N2O2S2. The van der Waals surface area contributed by atoms with Gasteiger partial charge in [0, 0.05) is 6.42 Å². The summed E-state index contributed by atoms with van der Waals surface area (Å²) in [5.41, 5.74) is 1.94. The normalized spacial score (nSPS) is 17.3. The molecule has 0 unspecified atom stereocenters. The lowest BCUT2D eigenvalue weighted by molar-refractivity contribution is -0.127. The Kier molecular flexibility index (Phi) is 4.10. The van der Waals surface area contributed by atoms with Crippen LogP contribution in [0.25, 0.3) is 10.2 Å². The van der Waals surface area contributed by atoms with Crippen LogP contribution in [-0.2, 0) is 9.53 Å². The number of ether oxygens (including phenoxy) is 1. The average Bonchev–Trinajstić information content (AvgIpc) is 3.02. The third kappa shape index (κ3) is 3.01. The molecule has 4 nitrogen and oxygen atoms in total. The fraction of sp³-hybridized carbons (Fsp3) is 0.294. The van der Waals surface area contributed by atoms with E-state index < -0.39 is 0 Å². The van der Waals surface area contributed by atoms with Crippen LogP contribution in [0.2, 0.25) is 0 Å². The lowest BCUT2D eigenvalue weighted by Crippen LogP contribution is -2.38. The zero-order valence-electron chi connectivity index (χ0n) is 12.5. The van der Waals surface area contributed by atoms with Gasteiger partial charge in [0.25, 0.3) is 0 Å². The fourth-order valence-electron chi connectivity index (χ4n) is 2.77. The summed E-state index contributed by atoms with van der Waals surface area (Å²) >= 11 is 3.16. The highest BCUT2D eigenvalue weighted by molar-refractivity contribution is 8.01. The highest BCUT2D eigenvalue weighted by atomic mass is 32.2. The number of aromatic nitrogens is 1. The van der Waals surface area contributed by atoms with E-state index in [1.54, 1.807) is 11.3 Å². The Morgan fingerprint density at radius 1 is 1.39 bits per heavy atom. The number of carbonyl (C=O) groups excluding carboxylic acids is 1. The van der Waals surface area contributed by atoms with Gasteiger partial charge in [0.2, 0.25) is 5.91 Å². The zero-order chi connectivity index (χ0) is 15.6. The van der Waals surface area contributed by atoms with Gasteiger partial charge in [0.1, 0.15) is 12.4 Å². The minimum absolute atomic E-state index is 0.122. The molecule has 1 aromatic heterocycles. The molecule has 1 aliphatic carbocycles. The Morgan fingerprint density at radius 2 is 2.30 bits per heavy atom. The quantitative estimate of drug-likeness (QED) is 0.794. The smallest absolute Gasteiger partial charge is 0.237 e. The van der Waals surface area contributed by atoms with Gasteiger partial charge in [-0.1, -0.05) is 30.0 Å². The number of fused-ring (bicyclic) bond motifs is 1. The maximum absolute atomic E-state index is 12.6. The third-order valence-corrected chi connectivity index (χ3v) is 6.04. The molecule has 1 amide bonds. The predicted molar refractivity (Wildman–Crippen MR) is 93.4 cm³/mol. The molecule has 0 fully saturated rings. The molecule has 0 saturated carbocycles. The number of amides is 1. The summed E-state index contributed by atoms with van der Waals surface area (Å²) in [5.74, 6) is 1.48. The van der Waals surface area contributed by atoms with Crippen molar-refractivity contribution in [3.8, 4) is 0 Å². The Bertz CT molecular complexity index is 777. The summed E-state index contributed by atoms with van der Waals surface area (Å²) in [6.45, 7) is 1.21. The van der Waals surface area contributed by atoms with E-state index in [0.717, 1.165) is 38.9 Å². The molecule has 6 heteroatoms. The number of allylic oxidation sites excluding steroid dienone is 3. The number of hydrogen-bond acceptors (Lipinski definition) is 5. The van der Waals surface area contributed by atoms with Crippen LogP contribution in [0, 0.1) is 0 Å². The van der Waals surface area contributed by atoms with Crippen molar-refractivity contribution >= 4 is 39.2 Å². The van der Waals surface area contributed by atoms with Crippen molar-refractivity contribution in [3.05, 3.63) is 47.9 Å². The fourth-order valence-corrected chi connectivity index (χ4v) is 4.72. The van der Waals surface area contributed by atoms with Crippen LogP contribution in [0.3, 0.4) is 0 Å². The van der Waals surface area contributed by atoms with Gasteiger partial charge >= 0.3 is 0 Å². The molecule has 0 bridgehead atoms. The maximum Gasteiger partial charge on any atom is 0.237 e. The second-order valence-electron chi connectivity index (χ2n) is 5.38. The predicted octanol–water partition coefficient (Wildman–Crippen LogP) is 3.81. The molecule has 0 spiro atoms.